The second-order valence-corrected chi connectivity index (χ2v) is 3.77. The van der Waals surface area contributed by atoms with Gasteiger partial charge in [-0.1, -0.05) is 0 Å². The van der Waals surface area contributed by atoms with Crippen molar-refractivity contribution in [2.75, 3.05) is 31.1 Å². The van der Waals surface area contributed by atoms with E-state index in [1.807, 2.05) is 13.0 Å². The lowest BCUT2D eigenvalue weighted by molar-refractivity contribution is 0.0462. The number of rotatable bonds is 2. The molecule has 5 heteroatoms. The molecule has 82 valence electrons. The van der Waals surface area contributed by atoms with Crippen LogP contribution in [0.25, 0.3) is 0 Å². The minimum atomic E-state index is 0.112. The van der Waals surface area contributed by atoms with Crippen LogP contribution in [0.5, 0.6) is 0 Å². The quantitative estimate of drug-likeness (QED) is 0.738. The van der Waals surface area contributed by atoms with Crippen molar-refractivity contribution in [3.63, 3.8) is 0 Å². The Morgan fingerprint density at radius 2 is 2.53 bits per heavy atom. The number of anilines is 1. The van der Waals surface area contributed by atoms with Gasteiger partial charge in [-0.15, -0.1) is 5.10 Å². The number of nitrogens with two attached hydrogens (primary N) is 1. The first-order valence-electron chi connectivity index (χ1n) is 5.15. The zero-order valence-electron chi connectivity index (χ0n) is 8.89. The molecule has 15 heavy (non-hydrogen) atoms. The smallest absolute Gasteiger partial charge is 0.151 e. The first-order valence-corrected chi connectivity index (χ1v) is 5.15. The number of hydrogen-bond acceptors (Lipinski definition) is 5. The summed E-state index contributed by atoms with van der Waals surface area (Å²) >= 11 is 0. The Morgan fingerprint density at radius 3 is 3.27 bits per heavy atom. The van der Waals surface area contributed by atoms with E-state index >= 15 is 0 Å². The van der Waals surface area contributed by atoms with Crippen LogP contribution in [0.2, 0.25) is 0 Å². The fraction of sp³-hybridized carbons (Fsp3) is 0.600. The van der Waals surface area contributed by atoms with E-state index in [0.29, 0.717) is 13.2 Å². The van der Waals surface area contributed by atoms with E-state index in [9.17, 15) is 0 Å². The minimum Gasteiger partial charge on any atom is -0.373 e. The first-order chi connectivity index (χ1) is 7.29. The highest BCUT2D eigenvalue weighted by Gasteiger charge is 2.20. The molecule has 2 rings (SSSR count). The number of hydrogen-bond donors (Lipinski definition) is 1. The van der Waals surface area contributed by atoms with E-state index < -0.39 is 0 Å². The third-order valence-corrected chi connectivity index (χ3v) is 2.50. The number of aryl methyl sites for hydroxylation is 1. The van der Waals surface area contributed by atoms with Crippen LogP contribution in [0.4, 0.5) is 5.82 Å². The molecule has 1 aromatic rings. The summed E-state index contributed by atoms with van der Waals surface area (Å²) in [5.74, 6) is 0.914. The molecule has 1 atom stereocenters. The molecule has 1 fully saturated rings. The Labute approximate surface area is 89.2 Å². The van der Waals surface area contributed by atoms with Gasteiger partial charge in [0.2, 0.25) is 0 Å². The SMILES string of the molecule is Cc1cnnc(N2CCOC(CN)C2)c1. The highest BCUT2D eigenvalue weighted by molar-refractivity contribution is 5.39. The minimum absolute atomic E-state index is 0.112. The summed E-state index contributed by atoms with van der Waals surface area (Å²) in [5, 5.41) is 8.06. The normalized spacial score (nSPS) is 21.7. The monoisotopic (exact) mass is 208 g/mol. The Bertz CT molecular complexity index is 331. The van der Waals surface area contributed by atoms with Gasteiger partial charge < -0.3 is 15.4 Å². The molecule has 1 saturated heterocycles. The standard InChI is InChI=1S/C10H16N4O/c1-8-4-10(13-12-6-8)14-2-3-15-9(5-11)7-14/h4,6,9H,2-3,5,7,11H2,1H3. The molecule has 0 bridgehead atoms. The Morgan fingerprint density at radius 1 is 1.67 bits per heavy atom. The Kier molecular flexibility index (Phi) is 3.13. The molecular formula is C10H16N4O. The molecule has 1 aromatic heterocycles. The molecule has 0 saturated carbocycles. The third kappa shape index (κ3) is 2.43. The van der Waals surface area contributed by atoms with Gasteiger partial charge in [0.1, 0.15) is 0 Å². The second kappa shape index (κ2) is 4.55. The maximum absolute atomic E-state index is 5.59. The molecule has 1 aliphatic rings. The molecule has 0 amide bonds. The highest BCUT2D eigenvalue weighted by Crippen LogP contribution is 2.14. The van der Waals surface area contributed by atoms with Crippen LogP contribution in [0.15, 0.2) is 12.3 Å². The first kappa shape index (κ1) is 10.3. The maximum atomic E-state index is 5.59. The number of nitrogens with zero attached hydrogens (tertiary/aromatic N) is 3. The highest BCUT2D eigenvalue weighted by atomic mass is 16.5. The summed E-state index contributed by atoms with van der Waals surface area (Å²) in [7, 11) is 0. The molecule has 0 aliphatic carbocycles. The van der Waals surface area contributed by atoms with Crippen molar-refractivity contribution in [3.05, 3.63) is 17.8 Å². The fourth-order valence-corrected chi connectivity index (χ4v) is 1.67. The molecule has 0 aromatic carbocycles. The van der Waals surface area contributed by atoms with Crippen LogP contribution in [0.1, 0.15) is 5.56 Å². The lowest BCUT2D eigenvalue weighted by atomic mass is 10.2. The molecular weight excluding hydrogens is 192 g/mol. The average Bonchev–Trinajstić information content (AvgIpc) is 2.29. The molecule has 0 radical (unpaired) electrons. The van der Waals surface area contributed by atoms with Gasteiger partial charge in [-0.2, -0.15) is 5.10 Å². The summed E-state index contributed by atoms with van der Waals surface area (Å²) in [6.45, 7) is 4.93. The maximum Gasteiger partial charge on any atom is 0.151 e. The topological polar surface area (TPSA) is 64.3 Å². The van der Waals surface area contributed by atoms with Crippen LogP contribution in [-0.2, 0) is 4.74 Å². The van der Waals surface area contributed by atoms with Gasteiger partial charge in [0.25, 0.3) is 0 Å². The molecule has 2 N–H and O–H groups in total. The van der Waals surface area contributed by atoms with Crippen LogP contribution < -0.4 is 10.6 Å². The summed E-state index contributed by atoms with van der Waals surface area (Å²) in [6.07, 6.45) is 1.87. The van der Waals surface area contributed by atoms with E-state index in [1.54, 1.807) is 6.20 Å². The van der Waals surface area contributed by atoms with Crippen molar-refractivity contribution < 1.29 is 4.74 Å². The van der Waals surface area contributed by atoms with E-state index in [1.165, 1.54) is 0 Å². The molecule has 2 heterocycles. The number of morpholine rings is 1. The average molecular weight is 208 g/mol. The zero-order chi connectivity index (χ0) is 10.7. The predicted octanol–water partition coefficient (Wildman–Crippen LogP) is -0.0511. The lowest BCUT2D eigenvalue weighted by Gasteiger charge is -2.32. The van der Waals surface area contributed by atoms with Crippen molar-refractivity contribution in [3.8, 4) is 0 Å². The van der Waals surface area contributed by atoms with Crippen molar-refractivity contribution in [1.29, 1.82) is 0 Å². The molecule has 1 unspecified atom stereocenters. The Balaban J connectivity index is 2.09. The molecule has 1 aliphatic heterocycles. The van der Waals surface area contributed by atoms with Gasteiger partial charge in [0.15, 0.2) is 5.82 Å². The lowest BCUT2D eigenvalue weighted by Crippen LogP contribution is -2.46. The molecule has 0 spiro atoms. The second-order valence-electron chi connectivity index (χ2n) is 3.77. The summed E-state index contributed by atoms with van der Waals surface area (Å²) in [6, 6.07) is 2.03. The summed E-state index contributed by atoms with van der Waals surface area (Å²) < 4.78 is 5.49. The zero-order valence-corrected chi connectivity index (χ0v) is 8.89. The molecule has 5 nitrogen and oxygen atoms in total. The summed E-state index contributed by atoms with van der Waals surface area (Å²) in [4.78, 5) is 2.17. The van der Waals surface area contributed by atoms with E-state index in [2.05, 4.69) is 15.1 Å². The van der Waals surface area contributed by atoms with Gasteiger partial charge >= 0.3 is 0 Å². The number of ether oxygens (including phenoxy) is 1. The van der Waals surface area contributed by atoms with Crippen LogP contribution in [0, 0.1) is 6.92 Å². The largest absolute Gasteiger partial charge is 0.373 e. The van der Waals surface area contributed by atoms with E-state index in [0.717, 1.165) is 24.5 Å². The van der Waals surface area contributed by atoms with Crippen LogP contribution in [-0.4, -0.2) is 42.5 Å². The van der Waals surface area contributed by atoms with Gasteiger partial charge in [0.05, 0.1) is 18.9 Å². The van der Waals surface area contributed by atoms with Crippen molar-refractivity contribution in [2.45, 2.75) is 13.0 Å². The van der Waals surface area contributed by atoms with Crippen LogP contribution in [0.3, 0.4) is 0 Å². The van der Waals surface area contributed by atoms with Crippen molar-refractivity contribution in [2.24, 2.45) is 5.73 Å². The van der Waals surface area contributed by atoms with E-state index in [-0.39, 0.29) is 6.10 Å². The fourth-order valence-electron chi connectivity index (χ4n) is 1.67. The van der Waals surface area contributed by atoms with Gasteiger partial charge in [0, 0.05) is 19.6 Å². The summed E-state index contributed by atoms with van der Waals surface area (Å²) in [5.41, 5.74) is 6.71. The predicted molar refractivity (Wildman–Crippen MR) is 57.8 cm³/mol. The van der Waals surface area contributed by atoms with E-state index in [4.69, 9.17) is 10.5 Å². The third-order valence-electron chi connectivity index (χ3n) is 2.50. The Hall–Kier alpha value is -1.20. The van der Waals surface area contributed by atoms with Crippen LogP contribution >= 0.6 is 0 Å². The number of aromatic nitrogens is 2. The van der Waals surface area contributed by atoms with Gasteiger partial charge in [-0.05, 0) is 18.6 Å². The van der Waals surface area contributed by atoms with Crippen molar-refractivity contribution in [1.82, 2.24) is 10.2 Å². The van der Waals surface area contributed by atoms with Gasteiger partial charge in [-0.3, -0.25) is 0 Å². The van der Waals surface area contributed by atoms with Crippen molar-refractivity contribution >= 4 is 5.82 Å². The van der Waals surface area contributed by atoms with Gasteiger partial charge in [-0.25, -0.2) is 0 Å².